The van der Waals surface area contributed by atoms with Crippen molar-refractivity contribution >= 4 is 17.7 Å². The third-order valence-electron chi connectivity index (χ3n) is 1.33. The lowest BCUT2D eigenvalue weighted by Gasteiger charge is -1.94. The van der Waals surface area contributed by atoms with Crippen molar-refractivity contribution in [1.82, 2.24) is 0 Å². The molecular formula is C8H5ClFNO2. The van der Waals surface area contributed by atoms with E-state index < -0.39 is 10.7 Å². The topological polar surface area (TPSA) is 43.1 Å². The Labute approximate surface area is 78.6 Å². The van der Waals surface area contributed by atoms with Gasteiger partial charge in [-0.05, 0) is 17.7 Å². The zero-order valence-corrected chi connectivity index (χ0v) is 7.16. The van der Waals surface area contributed by atoms with Gasteiger partial charge in [0.2, 0.25) is 6.20 Å². The van der Waals surface area contributed by atoms with Crippen LogP contribution in [0, 0.1) is 15.9 Å². The fourth-order valence-corrected chi connectivity index (χ4v) is 0.952. The van der Waals surface area contributed by atoms with Gasteiger partial charge in [-0.15, -0.1) is 0 Å². The monoisotopic (exact) mass is 201 g/mol. The van der Waals surface area contributed by atoms with Crippen molar-refractivity contribution in [2.45, 2.75) is 0 Å². The molecule has 1 aromatic carbocycles. The summed E-state index contributed by atoms with van der Waals surface area (Å²) in [6.45, 7) is 0. The Morgan fingerprint density at radius 3 is 2.77 bits per heavy atom. The van der Waals surface area contributed by atoms with Crippen LogP contribution in [0.4, 0.5) is 4.39 Å². The molecule has 0 saturated carbocycles. The Morgan fingerprint density at radius 1 is 1.54 bits per heavy atom. The minimum absolute atomic E-state index is 0.0505. The normalized spacial score (nSPS) is 10.6. The molecule has 0 aliphatic rings. The van der Waals surface area contributed by atoms with E-state index in [2.05, 4.69) is 0 Å². The van der Waals surface area contributed by atoms with E-state index in [0.29, 0.717) is 5.56 Å². The van der Waals surface area contributed by atoms with Crippen molar-refractivity contribution in [3.63, 3.8) is 0 Å². The van der Waals surface area contributed by atoms with E-state index in [1.165, 1.54) is 18.2 Å². The molecule has 0 unspecified atom stereocenters. The molecule has 0 N–H and O–H groups in total. The SMILES string of the molecule is O=[N+]([O-])/C=C/c1ccc(F)c(Cl)c1. The van der Waals surface area contributed by atoms with Crippen molar-refractivity contribution in [3.8, 4) is 0 Å². The van der Waals surface area contributed by atoms with Crippen molar-refractivity contribution in [2.75, 3.05) is 0 Å². The Kier molecular flexibility index (Phi) is 2.97. The highest BCUT2D eigenvalue weighted by atomic mass is 35.5. The summed E-state index contributed by atoms with van der Waals surface area (Å²) in [5.41, 5.74) is 0.489. The average molecular weight is 202 g/mol. The first kappa shape index (κ1) is 9.67. The molecule has 1 aromatic rings. The predicted octanol–water partition coefficient (Wildman–Crippen LogP) is 2.73. The number of nitrogens with zero attached hydrogens (tertiary/aromatic N) is 1. The van der Waals surface area contributed by atoms with E-state index in [4.69, 9.17) is 11.6 Å². The van der Waals surface area contributed by atoms with Crippen LogP contribution in [-0.4, -0.2) is 4.92 Å². The minimum atomic E-state index is -0.600. The molecule has 5 heteroatoms. The fraction of sp³-hybridized carbons (Fsp3) is 0. The molecule has 13 heavy (non-hydrogen) atoms. The van der Waals surface area contributed by atoms with Crippen molar-refractivity contribution in [3.05, 3.63) is 50.9 Å². The first-order chi connectivity index (χ1) is 6.09. The summed E-state index contributed by atoms with van der Waals surface area (Å²) in [4.78, 5) is 9.34. The smallest absolute Gasteiger partial charge is 0.235 e. The van der Waals surface area contributed by atoms with E-state index in [1.807, 2.05) is 0 Å². The van der Waals surface area contributed by atoms with E-state index in [0.717, 1.165) is 12.3 Å². The second kappa shape index (κ2) is 4.00. The van der Waals surface area contributed by atoms with E-state index in [1.54, 1.807) is 0 Å². The maximum Gasteiger partial charge on any atom is 0.235 e. The first-order valence-electron chi connectivity index (χ1n) is 3.36. The summed E-state index contributed by atoms with van der Waals surface area (Å²) in [6.07, 6.45) is 2.01. The number of hydrogen-bond acceptors (Lipinski definition) is 2. The Bertz CT molecular complexity index is 365. The molecule has 0 bridgehead atoms. The highest BCUT2D eigenvalue weighted by Gasteiger charge is 1.98. The van der Waals surface area contributed by atoms with Crippen molar-refractivity contribution in [2.24, 2.45) is 0 Å². The van der Waals surface area contributed by atoms with Gasteiger partial charge in [-0.25, -0.2) is 4.39 Å². The largest absolute Gasteiger partial charge is 0.259 e. The Hall–Kier alpha value is -1.42. The van der Waals surface area contributed by atoms with Crippen LogP contribution < -0.4 is 0 Å². The van der Waals surface area contributed by atoms with Crippen molar-refractivity contribution < 1.29 is 9.31 Å². The van der Waals surface area contributed by atoms with Gasteiger partial charge in [-0.3, -0.25) is 10.1 Å². The molecule has 0 aliphatic carbocycles. The number of hydrogen-bond donors (Lipinski definition) is 0. The molecule has 0 aliphatic heterocycles. The summed E-state index contributed by atoms with van der Waals surface area (Å²) >= 11 is 5.45. The van der Waals surface area contributed by atoms with Gasteiger partial charge in [0.05, 0.1) is 9.95 Å². The molecule has 0 spiro atoms. The number of rotatable bonds is 2. The molecule has 0 aromatic heterocycles. The summed E-state index contributed by atoms with van der Waals surface area (Å²) in [5.74, 6) is -0.542. The molecule has 0 heterocycles. The third kappa shape index (κ3) is 2.83. The van der Waals surface area contributed by atoms with Crippen LogP contribution in [0.2, 0.25) is 5.02 Å². The third-order valence-corrected chi connectivity index (χ3v) is 1.62. The Balaban J connectivity index is 2.92. The zero-order chi connectivity index (χ0) is 9.84. The second-order valence-electron chi connectivity index (χ2n) is 2.27. The lowest BCUT2D eigenvalue weighted by Crippen LogP contribution is -1.83. The van der Waals surface area contributed by atoms with Gasteiger partial charge >= 0.3 is 0 Å². The van der Waals surface area contributed by atoms with E-state index in [9.17, 15) is 14.5 Å². The molecule has 0 fully saturated rings. The number of benzene rings is 1. The summed E-state index contributed by atoms with van der Waals surface area (Å²) < 4.78 is 12.6. The molecule has 0 saturated heterocycles. The fourth-order valence-electron chi connectivity index (χ4n) is 0.763. The van der Waals surface area contributed by atoms with Gasteiger partial charge in [0.15, 0.2) is 0 Å². The van der Waals surface area contributed by atoms with Crippen LogP contribution in [0.1, 0.15) is 5.56 Å². The van der Waals surface area contributed by atoms with Crippen LogP contribution >= 0.6 is 11.6 Å². The van der Waals surface area contributed by atoms with Crippen molar-refractivity contribution in [1.29, 1.82) is 0 Å². The van der Waals surface area contributed by atoms with Gasteiger partial charge < -0.3 is 0 Å². The molecule has 3 nitrogen and oxygen atoms in total. The number of halogens is 2. The standard InChI is InChI=1S/C8H5ClFNO2/c9-7-5-6(1-2-8(7)10)3-4-11(12)13/h1-5H/b4-3+. The van der Waals surface area contributed by atoms with Crippen LogP contribution in [0.3, 0.4) is 0 Å². The average Bonchev–Trinajstić information content (AvgIpc) is 2.07. The number of nitro groups is 1. The maximum absolute atomic E-state index is 12.6. The van der Waals surface area contributed by atoms with Gasteiger partial charge in [0, 0.05) is 6.08 Å². The van der Waals surface area contributed by atoms with Gasteiger partial charge in [-0.2, -0.15) is 0 Å². The minimum Gasteiger partial charge on any atom is -0.259 e. The highest BCUT2D eigenvalue weighted by Crippen LogP contribution is 2.16. The van der Waals surface area contributed by atoms with Crippen LogP contribution in [0.15, 0.2) is 24.4 Å². The van der Waals surface area contributed by atoms with Crippen LogP contribution in [0.5, 0.6) is 0 Å². The lowest BCUT2D eigenvalue weighted by atomic mass is 10.2. The second-order valence-corrected chi connectivity index (χ2v) is 2.68. The molecule has 0 amide bonds. The summed E-state index contributed by atoms with van der Waals surface area (Å²) in [6, 6.07) is 3.88. The summed E-state index contributed by atoms with van der Waals surface area (Å²) in [7, 11) is 0. The van der Waals surface area contributed by atoms with Gasteiger partial charge in [-0.1, -0.05) is 17.7 Å². The van der Waals surface area contributed by atoms with Gasteiger partial charge in [0.1, 0.15) is 5.82 Å². The first-order valence-corrected chi connectivity index (χ1v) is 3.74. The molecule has 68 valence electrons. The molecule has 0 atom stereocenters. The summed E-state index contributed by atoms with van der Waals surface area (Å²) in [5, 5.41) is 9.89. The highest BCUT2D eigenvalue weighted by molar-refractivity contribution is 6.30. The van der Waals surface area contributed by atoms with E-state index in [-0.39, 0.29) is 5.02 Å². The lowest BCUT2D eigenvalue weighted by molar-refractivity contribution is -0.400. The quantitative estimate of drug-likeness (QED) is 0.545. The maximum atomic E-state index is 12.6. The van der Waals surface area contributed by atoms with E-state index >= 15 is 0 Å². The molecular weight excluding hydrogens is 197 g/mol. The van der Waals surface area contributed by atoms with Gasteiger partial charge in [0.25, 0.3) is 0 Å². The van der Waals surface area contributed by atoms with Crippen LogP contribution in [-0.2, 0) is 0 Å². The molecule has 0 radical (unpaired) electrons. The van der Waals surface area contributed by atoms with Crippen LogP contribution in [0.25, 0.3) is 6.08 Å². The molecule has 1 rings (SSSR count). The predicted molar refractivity (Wildman–Crippen MR) is 47.4 cm³/mol. The Morgan fingerprint density at radius 2 is 2.23 bits per heavy atom. The zero-order valence-electron chi connectivity index (χ0n) is 6.41.